The van der Waals surface area contributed by atoms with E-state index in [1.54, 1.807) is 12.3 Å². The Morgan fingerprint density at radius 1 is 1.69 bits per heavy atom. The fraction of sp³-hybridized carbons (Fsp3) is 0.273. The van der Waals surface area contributed by atoms with Gasteiger partial charge in [0.1, 0.15) is 5.15 Å². The summed E-state index contributed by atoms with van der Waals surface area (Å²) in [5.41, 5.74) is 7.16. The van der Waals surface area contributed by atoms with E-state index in [0.717, 1.165) is 12.0 Å². The molecule has 0 aliphatic heterocycles. The number of halogens is 1. The van der Waals surface area contributed by atoms with Crippen molar-refractivity contribution in [1.82, 2.24) is 10.3 Å². The van der Waals surface area contributed by atoms with Crippen LogP contribution in [-0.2, 0) is 4.79 Å². The van der Waals surface area contributed by atoms with Crippen molar-refractivity contribution in [3.63, 3.8) is 0 Å². The van der Waals surface area contributed by atoms with Crippen LogP contribution in [0.2, 0.25) is 5.15 Å². The molecule has 0 bridgehead atoms. The first-order valence-electron chi connectivity index (χ1n) is 4.91. The molecule has 5 heteroatoms. The third-order valence-electron chi connectivity index (χ3n) is 1.92. The molecular formula is C11H14ClN3O. The van der Waals surface area contributed by atoms with Crippen molar-refractivity contribution in [3.05, 3.63) is 29.1 Å². The van der Waals surface area contributed by atoms with Crippen LogP contribution in [0.3, 0.4) is 0 Å². The molecular weight excluding hydrogens is 226 g/mol. The highest BCUT2D eigenvalue weighted by atomic mass is 35.5. The third kappa shape index (κ3) is 4.31. The Kier molecular flexibility index (Phi) is 4.79. The van der Waals surface area contributed by atoms with Gasteiger partial charge in [-0.1, -0.05) is 23.8 Å². The highest BCUT2D eigenvalue weighted by Crippen LogP contribution is 2.16. The number of nitrogen functional groups attached to an aromatic ring is 1. The Morgan fingerprint density at radius 2 is 2.44 bits per heavy atom. The monoisotopic (exact) mass is 239 g/mol. The number of rotatable bonds is 4. The van der Waals surface area contributed by atoms with Crippen molar-refractivity contribution in [3.8, 4) is 0 Å². The highest BCUT2D eigenvalue weighted by Gasteiger charge is 1.96. The molecule has 0 saturated carbocycles. The number of hydrogen-bond donors (Lipinski definition) is 2. The summed E-state index contributed by atoms with van der Waals surface area (Å²) in [4.78, 5) is 14.5. The van der Waals surface area contributed by atoms with Gasteiger partial charge in [0.2, 0.25) is 5.91 Å². The molecule has 1 heterocycles. The van der Waals surface area contributed by atoms with Gasteiger partial charge < -0.3 is 11.1 Å². The fourth-order valence-corrected chi connectivity index (χ4v) is 1.30. The topological polar surface area (TPSA) is 68.0 Å². The van der Waals surface area contributed by atoms with Crippen LogP contribution in [0.25, 0.3) is 6.08 Å². The lowest BCUT2D eigenvalue weighted by atomic mass is 10.2. The quantitative estimate of drug-likeness (QED) is 0.623. The van der Waals surface area contributed by atoms with Gasteiger partial charge in [-0.2, -0.15) is 0 Å². The summed E-state index contributed by atoms with van der Waals surface area (Å²) in [6.45, 7) is 2.11. The number of pyridine rings is 1. The minimum absolute atomic E-state index is 0.0268. The molecule has 0 unspecified atom stereocenters. The Labute approximate surface area is 99.5 Å². The second-order valence-electron chi connectivity index (χ2n) is 3.31. The van der Waals surface area contributed by atoms with Crippen molar-refractivity contribution in [2.24, 2.45) is 0 Å². The fourth-order valence-electron chi connectivity index (χ4n) is 1.14. The number of carbonyl (C=O) groups excluding carboxylic acids is 1. The number of nitrogens with zero attached hydrogens (tertiary/aromatic N) is 1. The first-order chi connectivity index (χ1) is 7.59. The van der Waals surface area contributed by atoms with Gasteiger partial charge in [0.25, 0.3) is 0 Å². The smallest absolute Gasteiger partial charge is 0.216 e. The molecule has 0 spiro atoms. The molecule has 0 aliphatic carbocycles. The van der Waals surface area contributed by atoms with Crippen molar-refractivity contribution in [2.75, 3.05) is 12.3 Å². The van der Waals surface area contributed by atoms with E-state index in [1.165, 1.54) is 6.92 Å². The molecule has 0 radical (unpaired) electrons. The number of nitrogens with one attached hydrogen (secondary N) is 1. The summed E-state index contributed by atoms with van der Waals surface area (Å²) in [6, 6.07) is 1.61. The minimum Gasteiger partial charge on any atom is -0.398 e. The van der Waals surface area contributed by atoms with Crippen molar-refractivity contribution in [1.29, 1.82) is 0 Å². The predicted octanol–water partition coefficient (Wildman–Crippen LogP) is 1.86. The second-order valence-corrected chi connectivity index (χ2v) is 3.70. The first-order valence-corrected chi connectivity index (χ1v) is 5.29. The zero-order valence-corrected chi connectivity index (χ0v) is 9.79. The molecule has 0 saturated heterocycles. The largest absolute Gasteiger partial charge is 0.398 e. The molecule has 0 aliphatic rings. The van der Waals surface area contributed by atoms with Gasteiger partial charge in [0.15, 0.2) is 0 Å². The van der Waals surface area contributed by atoms with Crippen LogP contribution in [-0.4, -0.2) is 17.4 Å². The number of amides is 1. The zero-order chi connectivity index (χ0) is 12.0. The summed E-state index contributed by atoms with van der Waals surface area (Å²) in [6.07, 6.45) is 6.16. The number of carbonyl (C=O) groups is 1. The molecule has 0 atom stereocenters. The van der Waals surface area contributed by atoms with Crippen LogP contribution in [0.15, 0.2) is 18.3 Å². The van der Waals surface area contributed by atoms with Crippen LogP contribution in [0.5, 0.6) is 0 Å². The molecule has 1 rings (SSSR count). The van der Waals surface area contributed by atoms with E-state index in [2.05, 4.69) is 10.3 Å². The van der Waals surface area contributed by atoms with Crippen LogP contribution in [0.1, 0.15) is 18.9 Å². The lowest BCUT2D eigenvalue weighted by Crippen LogP contribution is -2.20. The first kappa shape index (κ1) is 12.5. The molecule has 16 heavy (non-hydrogen) atoms. The highest BCUT2D eigenvalue weighted by molar-refractivity contribution is 6.29. The zero-order valence-electron chi connectivity index (χ0n) is 9.03. The Morgan fingerprint density at radius 3 is 3.06 bits per heavy atom. The predicted molar refractivity (Wildman–Crippen MR) is 66.0 cm³/mol. The summed E-state index contributed by atoms with van der Waals surface area (Å²) >= 11 is 5.67. The summed E-state index contributed by atoms with van der Waals surface area (Å²) in [5.74, 6) is -0.0268. The molecule has 3 N–H and O–H groups in total. The molecule has 1 aromatic heterocycles. The Bertz CT molecular complexity index is 404. The van der Waals surface area contributed by atoms with Crippen molar-refractivity contribution < 1.29 is 4.79 Å². The van der Waals surface area contributed by atoms with Gasteiger partial charge in [-0.25, -0.2) is 4.98 Å². The maximum absolute atomic E-state index is 10.6. The Hall–Kier alpha value is -1.55. The summed E-state index contributed by atoms with van der Waals surface area (Å²) < 4.78 is 0. The average molecular weight is 240 g/mol. The number of hydrogen-bond acceptors (Lipinski definition) is 3. The maximum Gasteiger partial charge on any atom is 0.216 e. The van der Waals surface area contributed by atoms with Gasteiger partial charge in [-0.3, -0.25) is 4.79 Å². The van der Waals surface area contributed by atoms with Gasteiger partial charge in [-0.15, -0.1) is 0 Å². The van der Waals surface area contributed by atoms with E-state index < -0.39 is 0 Å². The molecule has 1 amide bonds. The average Bonchev–Trinajstić information content (AvgIpc) is 2.20. The summed E-state index contributed by atoms with van der Waals surface area (Å²) in [7, 11) is 0. The molecule has 1 aromatic rings. The number of nitrogens with two attached hydrogens (primary N) is 1. The summed E-state index contributed by atoms with van der Waals surface area (Å²) in [5, 5.41) is 3.08. The molecule has 86 valence electrons. The maximum atomic E-state index is 10.6. The van der Waals surface area contributed by atoms with Gasteiger partial charge >= 0.3 is 0 Å². The third-order valence-corrected chi connectivity index (χ3v) is 2.12. The van der Waals surface area contributed by atoms with Gasteiger partial charge in [0.05, 0.1) is 0 Å². The molecule has 0 aromatic carbocycles. The molecule has 0 fully saturated rings. The van der Waals surface area contributed by atoms with Crippen LogP contribution < -0.4 is 11.1 Å². The lowest BCUT2D eigenvalue weighted by molar-refractivity contribution is -0.118. The van der Waals surface area contributed by atoms with Crippen LogP contribution in [0.4, 0.5) is 5.69 Å². The van der Waals surface area contributed by atoms with E-state index in [0.29, 0.717) is 17.4 Å². The number of aromatic nitrogens is 1. The van der Waals surface area contributed by atoms with Crippen molar-refractivity contribution in [2.45, 2.75) is 13.3 Å². The SMILES string of the molecule is CC(=O)NCCC=Cc1cnc(Cl)cc1N. The second kappa shape index (κ2) is 6.12. The van der Waals surface area contributed by atoms with E-state index in [1.807, 2.05) is 12.2 Å². The lowest BCUT2D eigenvalue weighted by Gasteiger charge is -2.00. The van der Waals surface area contributed by atoms with E-state index in [-0.39, 0.29) is 5.91 Å². The van der Waals surface area contributed by atoms with Gasteiger partial charge in [0, 0.05) is 30.9 Å². The van der Waals surface area contributed by atoms with E-state index in [9.17, 15) is 4.79 Å². The van der Waals surface area contributed by atoms with Crippen LogP contribution in [0, 0.1) is 0 Å². The normalized spacial score (nSPS) is 10.6. The standard InChI is InChI=1S/C11H14ClN3O/c1-8(16)14-5-3-2-4-9-7-15-11(12)6-10(9)13/h2,4,6-7H,3,5H2,1H3,(H2,13,15)(H,14,16). The van der Waals surface area contributed by atoms with Gasteiger partial charge in [-0.05, 0) is 12.5 Å². The number of anilines is 1. The Balaban J connectivity index is 2.47. The van der Waals surface area contributed by atoms with Crippen LogP contribution >= 0.6 is 11.6 Å². The minimum atomic E-state index is -0.0268. The van der Waals surface area contributed by atoms with E-state index in [4.69, 9.17) is 17.3 Å². The van der Waals surface area contributed by atoms with E-state index >= 15 is 0 Å². The molecule has 4 nitrogen and oxygen atoms in total. The van der Waals surface area contributed by atoms with Crippen molar-refractivity contribution >= 4 is 29.3 Å².